The zero-order chi connectivity index (χ0) is 24.5. The Labute approximate surface area is 201 Å². The largest absolute Gasteiger partial charge is 0.362 e. The molecule has 35 heavy (non-hydrogen) atoms. The van der Waals surface area contributed by atoms with Gasteiger partial charge >= 0.3 is 0 Å². The van der Waals surface area contributed by atoms with Crippen LogP contribution in [0.4, 0.5) is 10.2 Å². The number of hydrogen-bond donors (Lipinski definition) is 2. The molecule has 0 aliphatic carbocycles. The first-order valence-electron chi connectivity index (χ1n) is 11.2. The highest BCUT2D eigenvalue weighted by atomic mass is 19.1. The highest BCUT2D eigenvalue weighted by Gasteiger charge is 2.18. The van der Waals surface area contributed by atoms with Gasteiger partial charge in [0.25, 0.3) is 5.91 Å². The molecule has 0 fully saturated rings. The third-order valence-electron chi connectivity index (χ3n) is 5.80. The first-order chi connectivity index (χ1) is 16.9. The molecule has 5 rings (SSSR count). The number of halogens is 1. The number of nitrogens with one attached hydrogen (secondary N) is 2. The molecule has 0 aliphatic heterocycles. The van der Waals surface area contributed by atoms with E-state index in [1.165, 1.54) is 12.1 Å². The van der Waals surface area contributed by atoms with Crippen molar-refractivity contribution < 1.29 is 9.18 Å². The predicted molar refractivity (Wildman–Crippen MR) is 132 cm³/mol. The third-order valence-corrected chi connectivity index (χ3v) is 5.80. The SMILES string of the molecule is CNC(=O)c1cnn2ccc(-c3cc(NC(C)c4cccc(F)c4)nn3-c3cccc(C)n3)cc12. The van der Waals surface area contributed by atoms with Crippen molar-refractivity contribution in [2.45, 2.75) is 19.9 Å². The van der Waals surface area contributed by atoms with Crippen LogP contribution in [0, 0.1) is 12.7 Å². The summed E-state index contributed by atoms with van der Waals surface area (Å²) in [4.78, 5) is 17.0. The number of aromatic nitrogens is 5. The number of hydrogen-bond acceptors (Lipinski definition) is 5. The lowest BCUT2D eigenvalue weighted by molar-refractivity contribution is 0.0964. The van der Waals surface area contributed by atoms with Gasteiger partial charge in [0.15, 0.2) is 5.82 Å². The Bertz CT molecular complexity index is 1540. The molecular weight excluding hydrogens is 445 g/mol. The summed E-state index contributed by atoms with van der Waals surface area (Å²) in [6, 6.07) is 17.8. The van der Waals surface area contributed by atoms with Crippen molar-refractivity contribution in [2.75, 3.05) is 12.4 Å². The molecule has 4 aromatic heterocycles. The van der Waals surface area contributed by atoms with Crippen LogP contribution in [0.3, 0.4) is 0 Å². The maximum atomic E-state index is 13.7. The Balaban J connectivity index is 1.60. The van der Waals surface area contributed by atoms with Crippen molar-refractivity contribution in [2.24, 2.45) is 0 Å². The standard InChI is InChI=1S/C26H24FN7O/c1-16-6-4-9-25(30-16)34-22(14-24(32-34)31-17(2)18-7-5-8-20(27)12-18)19-10-11-33-23(13-19)21(15-29-33)26(35)28-3/h4-15,17H,1-3H3,(H,28,35)(H,31,32). The van der Waals surface area contributed by atoms with E-state index in [0.717, 1.165) is 22.5 Å². The van der Waals surface area contributed by atoms with E-state index >= 15 is 0 Å². The number of fused-ring (bicyclic) bond motifs is 1. The van der Waals surface area contributed by atoms with Crippen LogP contribution in [0.25, 0.3) is 22.6 Å². The second kappa shape index (κ2) is 9.02. The fraction of sp³-hybridized carbons (Fsp3) is 0.154. The summed E-state index contributed by atoms with van der Waals surface area (Å²) in [5, 5.41) is 15.1. The van der Waals surface area contributed by atoms with E-state index in [1.54, 1.807) is 34.7 Å². The molecule has 0 saturated carbocycles. The van der Waals surface area contributed by atoms with Crippen molar-refractivity contribution in [3.05, 3.63) is 95.7 Å². The van der Waals surface area contributed by atoms with Crippen molar-refractivity contribution in [1.29, 1.82) is 0 Å². The van der Waals surface area contributed by atoms with Gasteiger partial charge in [0, 0.05) is 30.6 Å². The fourth-order valence-electron chi connectivity index (χ4n) is 4.01. The van der Waals surface area contributed by atoms with Gasteiger partial charge in [-0.2, -0.15) is 5.10 Å². The number of carbonyl (C=O) groups is 1. The molecule has 1 amide bonds. The topological polar surface area (TPSA) is 89.1 Å². The molecule has 2 N–H and O–H groups in total. The Hall–Kier alpha value is -4.53. The van der Waals surface area contributed by atoms with Crippen LogP contribution in [0.5, 0.6) is 0 Å². The number of nitrogens with zero attached hydrogens (tertiary/aromatic N) is 5. The van der Waals surface area contributed by atoms with Gasteiger partial charge in [-0.1, -0.05) is 18.2 Å². The molecule has 176 valence electrons. The molecular formula is C26H24FN7O. The van der Waals surface area contributed by atoms with Crippen LogP contribution < -0.4 is 10.6 Å². The van der Waals surface area contributed by atoms with Crippen LogP contribution in [0.2, 0.25) is 0 Å². The Morgan fingerprint density at radius 3 is 2.69 bits per heavy atom. The number of pyridine rings is 2. The number of amides is 1. The second-order valence-corrected chi connectivity index (χ2v) is 8.27. The average Bonchev–Trinajstić information content (AvgIpc) is 3.47. The van der Waals surface area contributed by atoms with Gasteiger partial charge in [-0.15, -0.1) is 5.10 Å². The number of aryl methyl sites for hydroxylation is 1. The van der Waals surface area contributed by atoms with E-state index in [-0.39, 0.29) is 17.8 Å². The summed E-state index contributed by atoms with van der Waals surface area (Å²) in [7, 11) is 1.59. The van der Waals surface area contributed by atoms with Gasteiger partial charge in [-0.05, 0) is 55.8 Å². The monoisotopic (exact) mass is 469 g/mol. The van der Waals surface area contributed by atoms with Crippen molar-refractivity contribution in [1.82, 2.24) is 29.7 Å². The lowest BCUT2D eigenvalue weighted by Gasteiger charge is -2.13. The Morgan fingerprint density at radius 1 is 1.09 bits per heavy atom. The molecule has 5 aromatic rings. The summed E-state index contributed by atoms with van der Waals surface area (Å²) in [6.45, 7) is 3.87. The van der Waals surface area contributed by atoms with Gasteiger partial charge in [0.2, 0.25) is 0 Å². The maximum Gasteiger partial charge on any atom is 0.254 e. The first kappa shape index (κ1) is 22.3. The summed E-state index contributed by atoms with van der Waals surface area (Å²) < 4.78 is 17.2. The summed E-state index contributed by atoms with van der Waals surface area (Å²) >= 11 is 0. The van der Waals surface area contributed by atoms with Gasteiger partial charge in [0.1, 0.15) is 11.6 Å². The molecule has 0 aliphatic rings. The van der Waals surface area contributed by atoms with Gasteiger partial charge < -0.3 is 10.6 Å². The van der Waals surface area contributed by atoms with Crippen LogP contribution in [-0.4, -0.2) is 37.3 Å². The van der Waals surface area contributed by atoms with Gasteiger partial charge in [-0.25, -0.2) is 18.6 Å². The van der Waals surface area contributed by atoms with Crippen molar-refractivity contribution in [3.63, 3.8) is 0 Å². The lowest BCUT2D eigenvalue weighted by Crippen LogP contribution is -2.17. The highest BCUT2D eigenvalue weighted by Crippen LogP contribution is 2.29. The maximum absolute atomic E-state index is 13.7. The molecule has 1 unspecified atom stereocenters. The van der Waals surface area contributed by atoms with E-state index in [9.17, 15) is 9.18 Å². The predicted octanol–water partition coefficient (Wildman–Crippen LogP) is 4.56. The second-order valence-electron chi connectivity index (χ2n) is 8.27. The average molecular weight is 470 g/mol. The lowest BCUT2D eigenvalue weighted by atomic mass is 10.1. The minimum absolute atomic E-state index is 0.176. The molecule has 1 aromatic carbocycles. The Kier molecular flexibility index (Phi) is 5.74. The Morgan fingerprint density at radius 2 is 1.91 bits per heavy atom. The molecule has 4 heterocycles. The molecule has 0 spiro atoms. The molecule has 0 saturated heterocycles. The molecule has 0 bridgehead atoms. The third kappa shape index (κ3) is 4.35. The summed E-state index contributed by atoms with van der Waals surface area (Å²) in [6.07, 6.45) is 3.35. The van der Waals surface area contributed by atoms with Crippen molar-refractivity contribution >= 4 is 17.2 Å². The first-order valence-corrected chi connectivity index (χ1v) is 11.2. The quantitative estimate of drug-likeness (QED) is 0.381. The molecule has 9 heteroatoms. The van der Waals surface area contributed by atoms with Crippen molar-refractivity contribution in [3.8, 4) is 17.1 Å². The van der Waals surface area contributed by atoms with E-state index in [1.807, 2.05) is 56.3 Å². The van der Waals surface area contributed by atoms with E-state index in [0.29, 0.717) is 22.7 Å². The zero-order valence-corrected chi connectivity index (χ0v) is 19.5. The molecule has 8 nitrogen and oxygen atoms in total. The van der Waals surface area contributed by atoms with E-state index in [2.05, 4.69) is 20.7 Å². The van der Waals surface area contributed by atoms with Crippen LogP contribution >= 0.6 is 0 Å². The van der Waals surface area contributed by atoms with Crippen LogP contribution in [0.15, 0.2) is 73.1 Å². The number of benzene rings is 1. The summed E-state index contributed by atoms with van der Waals surface area (Å²) in [5.74, 6) is 0.774. The molecule has 0 radical (unpaired) electrons. The number of anilines is 1. The van der Waals surface area contributed by atoms with Gasteiger partial charge in [0.05, 0.1) is 29.0 Å². The number of rotatable bonds is 6. The minimum atomic E-state index is -0.285. The summed E-state index contributed by atoms with van der Waals surface area (Å²) in [5.41, 5.74) is 4.45. The minimum Gasteiger partial charge on any atom is -0.362 e. The van der Waals surface area contributed by atoms with Crippen LogP contribution in [-0.2, 0) is 0 Å². The highest BCUT2D eigenvalue weighted by molar-refractivity contribution is 6.01. The number of carbonyl (C=O) groups excluding carboxylic acids is 1. The molecule has 1 atom stereocenters. The normalized spacial score (nSPS) is 12.0. The van der Waals surface area contributed by atoms with Gasteiger partial charge in [-0.3, -0.25) is 4.79 Å². The van der Waals surface area contributed by atoms with E-state index in [4.69, 9.17) is 5.10 Å². The smallest absolute Gasteiger partial charge is 0.254 e. The zero-order valence-electron chi connectivity index (χ0n) is 19.5. The van der Waals surface area contributed by atoms with Crippen LogP contribution in [0.1, 0.15) is 34.6 Å². The van der Waals surface area contributed by atoms with E-state index < -0.39 is 0 Å². The fourth-order valence-corrected chi connectivity index (χ4v) is 4.01.